The van der Waals surface area contributed by atoms with Crippen molar-refractivity contribution in [3.63, 3.8) is 0 Å². The van der Waals surface area contributed by atoms with Crippen LogP contribution in [-0.4, -0.2) is 24.8 Å². The van der Waals surface area contributed by atoms with Gasteiger partial charge in [-0.15, -0.1) is 0 Å². The number of nitrogens with one attached hydrogen (secondary N) is 1. The van der Waals surface area contributed by atoms with Crippen molar-refractivity contribution >= 4 is 11.7 Å². The largest absolute Gasteiger partial charge is 0.387 e. The minimum absolute atomic E-state index is 0.0301. The number of nitrogens with two attached hydrogens (primary N) is 1. The first kappa shape index (κ1) is 14.0. The Labute approximate surface area is 104 Å². The molecule has 4 heteroatoms. The molecule has 1 saturated carbocycles. The van der Waals surface area contributed by atoms with Crippen molar-refractivity contribution in [1.29, 1.82) is 0 Å². The number of amidine groups is 1. The third-order valence-corrected chi connectivity index (χ3v) is 3.14. The Morgan fingerprint density at radius 1 is 1.35 bits per heavy atom. The molecule has 0 atom stereocenters. The standard InChI is InChI=1S/C13H25N3O/c1-10(2)8-15-12(17)9-16-13(14)11-6-4-3-5-7-11/h10-11H,3-9H2,1-2H3,(H2,14,16)(H,15,17). The maximum absolute atomic E-state index is 11.5. The van der Waals surface area contributed by atoms with Crippen molar-refractivity contribution in [2.75, 3.05) is 13.1 Å². The van der Waals surface area contributed by atoms with Crippen LogP contribution in [0.2, 0.25) is 0 Å². The number of hydrogen-bond acceptors (Lipinski definition) is 2. The van der Waals surface area contributed by atoms with Gasteiger partial charge in [0, 0.05) is 12.5 Å². The monoisotopic (exact) mass is 239 g/mol. The van der Waals surface area contributed by atoms with Crippen molar-refractivity contribution < 1.29 is 4.79 Å². The molecule has 0 aromatic heterocycles. The molecule has 0 bridgehead atoms. The third-order valence-electron chi connectivity index (χ3n) is 3.14. The van der Waals surface area contributed by atoms with Crippen LogP contribution in [-0.2, 0) is 4.79 Å². The molecule has 0 radical (unpaired) electrons. The van der Waals surface area contributed by atoms with Gasteiger partial charge in [-0.05, 0) is 18.8 Å². The molecule has 0 unspecified atom stereocenters. The van der Waals surface area contributed by atoms with Gasteiger partial charge in [-0.25, -0.2) is 0 Å². The van der Waals surface area contributed by atoms with Gasteiger partial charge >= 0.3 is 0 Å². The summed E-state index contributed by atoms with van der Waals surface area (Å²) in [6, 6.07) is 0. The van der Waals surface area contributed by atoms with Crippen molar-refractivity contribution in [3.05, 3.63) is 0 Å². The summed E-state index contributed by atoms with van der Waals surface area (Å²) >= 11 is 0. The van der Waals surface area contributed by atoms with Crippen molar-refractivity contribution in [2.24, 2.45) is 22.6 Å². The molecule has 0 aromatic carbocycles. The SMILES string of the molecule is CC(C)CNC(=O)CN=C(N)C1CCCCC1. The normalized spacial score (nSPS) is 18.4. The first-order chi connectivity index (χ1) is 8.09. The van der Waals surface area contributed by atoms with Crippen molar-refractivity contribution in [1.82, 2.24) is 5.32 Å². The van der Waals surface area contributed by atoms with Gasteiger partial charge in [0.1, 0.15) is 6.54 Å². The van der Waals surface area contributed by atoms with E-state index < -0.39 is 0 Å². The molecule has 0 spiro atoms. The van der Waals surface area contributed by atoms with Crippen LogP contribution in [0.5, 0.6) is 0 Å². The highest BCUT2D eigenvalue weighted by Gasteiger charge is 2.16. The minimum atomic E-state index is -0.0301. The summed E-state index contributed by atoms with van der Waals surface area (Å²) in [6.07, 6.45) is 6.03. The first-order valence-corrected chi connectivity index (χ1v) is 6.66. The average Bonchev–Trinajstić information content (AvgIpc) is 2.34. The van der Waals surface area contributed by atoms with E-state index in [-0.39, 0.29) is 12.5 Å². The molecule has 1 fully saturated rings. The second kappa shape index (κ2) is 7.30. The van der Waals surface area contributed by atoms with Crippen LogP contribution < -0.4 is 11.1 Å². The van der Waals surface area contributed by atoms with Gasteiger partial charge in [-0.2, -0.15) is 0 Å². The van der Waals surface area contributed by atoms with Crippen molar-refractivity contribution in [3.8, 4) is 0 Å². The Hall–Kier alpha value is -1.06. The third kappa shape index (κ3) is 5.71. The first-order valence-electron chi connectivity index (χ1n) is 6.66. The van der Waals surface area contributed by atoms with E-state index in [1.165, 1.54) is 19.3 Å². The summed E-state index contributed by atoms with van der Waals surface area (Å²) in [5.74, 6) is 1.52. The predicted octanol–water partition coefficient (Wildman–Crippen LogP) is 1.70. The molecular weight excluding hydrogens is 214 g/mol. The average molecular weight is 239 g/mol. The van der Waals surface area contributed by atoms with Crippen LogP contribution in [0.1, 0.15) is 46.0 Å². The van der Waals surface area contributed by atoms with E-state index >= 15 is 0 Å². The Bertz CT molecular complexity index is 268. The molecule has 1 amide bonds. The number of nitrogens with zero attached hydrogens (tertiary/aromatic N) is 1. The molecule has 0 heterocycles. The zero-order chi connectivity index (χ0) is 12.7. The van der Waals surface area contributed by atoms with E-state index in [1.807, 2.05) is 0 Å². The van der Waals surface area contributed by atoms with Crippen LogP contribution >= 0.6 is 0 Å². The Balaban J connectivity index is 2.28. The van der Waals surface area contributed by atoms with E-state index in [4.69, 9.17) is 5.73 Å². The van der Waals surface area contributed by atoms with E-state index in [1.54, 1.807) is 0 Å². The lowest BCUT2D eigenvalue weighted by atomic mass is 9.88. The fraction of sp³-hybridized carbons (Fsp3) is 0.846. The molecule has 0 saturated heterocycles. The number of rotatable bonds is 5. The highest BCUT2D eigenvalue weighted by molar-refractivity contribution is 5.86. The molecule has 98 valence electrons. The van der Waals surface area contributed by atoms with Crippen LogP contribution in [0, 0.1) is 11.8 Å². The van der Waals surface area contributed by atoms with E-state index in [0.29, 0.717) is 24.2 Å². The maximum atomic E-state index is 11.5. The molecule has 0 aromatic rings. The van der Waals surface area contributed by atoms with Crippen LogP contribution in [0.25, 0.3) is 0 Å². The van der Waals surface area contributed by atoms with Crippen LogP contribution in [0.4, 0.5) is 0 Å². The van der Waals surface area contributed by atoms with Gasteiger partial charge in [0.25, 0.3) is 0 Å². The van der Waals surface area contributed by atoms with Gasteiger partial charge < -0.3 is 11.1 Å². The Morgan fingerprint density at radius 2 is 2.00 bits per heavy atom. The number of aliphatic imine (C=N–C) groups is 1. The topological polar surface area (TPSA) is 67.5 Å². The van der Waals surface area contributed by atoms with Gasteiger partial charge in [0.15, 0.2) is 0 Å². The number of carbonyl (C=O) groups excluding carboxylic acids is 1. The van der Waals surface area contributed by atoms with E-state index in [9.17, 15) is 4.79 Å². The smallest absolute Gasteiger partial charge is 0.241 e. The molecule has 1 rings (SSSR count). The number of carbonyl (C=O) groups is 1. The maximum Gasteiger partial charge on any atom is 0.241 e. The van der Waals surface area contributed by atoms with Crippen molar-refractivity contribution in [2.45, 2.75) is 46.0 Å². The Morgan fingerprint density at radius 3 is 2.59 bits per heavy atom. The highest BCUT2D eigenvalue weighted by Crippen LogP contribution is 2.23. The summed E-state index contributed by atoms with van der Waals surface area (Å²) in [6.45, 7) is 5.02. The number of amides is 1. The molecule has 0 aliphatic heterocycles. The predicted molar refractivity (Wildman–Crippen MR) is 70.9 cm³/mol. The molecule has 3 N–H and O–H groups in total. The molecule has 1 aliphatic carbocycles. The molecule has 4 nitrogen and oxygen atoms in total. The zero-order valence-electron chi connectivity index (χ0n) is 11.0. The second-order valence-electron chi connectivity index (χ2n) is 5.27. The minimum Gasteiger partial charge on any atom is -0.387 e. The summed E-state index contributed by atoms with van der Waals surface area (Å²) in [4.78, 5) is 15.7. The lowest BCUT2D eigenvalue weighted by Crippen LogP contribution is -2.31. The summed E-state index contributed by atoms with van der Waals surface area (Å²) in [7, 11) is 0. The quantitative estimate of drug-likeness (QED) is 0.566. The zero-order valence-corrected chi connectivity index (χ0v) is 11.0. The van der Waals surface area contributed by atoms with E-state index in [2.05, 4.69) is 24.2 Å². The summed E-state index contributed by atoms with van der Waals surface area (Å²) < 4.78 is 0. The molecule has 1 aliphatic rings. The lowest BCUT2D eigenvalue weighted by molar-refractivity contribution is -0.119. The van der Waals surface area contributed by atoms with Gasteiger partial charge in [0.05, 0.1) is 5.84 Å². The fourth-order valence-electron chi connectivity index (χ4n) is 2.06. The van der Waals surface area contributed by atoms with Gasteiger partial charge in [0.2, 0.25) is 5.91 Å². The fourth-order valence-corrected chi connectivity index (χ4v) is 2.06. The summed E-state index contributed by atoms with van der Waals surface area (Å²) in [5.41, 5.74) is 5.92. The molecular formula is C13H25N3O. The second-order valence-corrected chi connectivity index (χ2v) is 5.27. The highest BCUT2D eigenvalue weighted by atomic mass is 16.1. The Kier molecular flexibility index (Phi) is 6.01. The molecule has 17 heavy (non-hydrogen) atoms. The van der Waals surface area contributed by atoms with Crippen LogP contribution in [0.3, 0.4) is 0 Å². The van der Waals surface area contributed by atoms with Crippen LogP contribution in [0.15, 0.2) is 4.99 Å². The summed E-state index contributed by atoms with van der Waals surface area (Å²) in [5, 5.41) is 2.84. The van der Waals surface area contributed by atoms with Gasteiger partial charge in [-0.3, -0.25) is 9.79 Å². The van der Waals surface area contributed by atoms with E-state index in [0.717, 1.165) is 12.8 Å². The van der Waals surface area contributed by atoms with Gasteiger partial charge in [-0.1, -0.05) is 33.1 Å². The lowest BCUT2D eigenvalue weighted by Gasteiger charge is -2.20. The number of hydrogen-bond donors (Lipinski definition) is 2.